The van der Waals surface area contributed by atoms with E-state index >= 15 is 0 Å². The molecule has 0 aromatic carbocycles. The Kier molecular flexibility index (Phi) is 9.25. The van der Waals surface area contributed by atoms with Crippen LogP contribution in [0.25, 0.3) is 0 Å². The standard InChI is InChI=1S/C6H14O3.C4H7NO/c1-2-6(3-7,4-8)5-9;1-3(2)4(5)6/h7-9H,2-5H2,1H3;1H2,2H3,(H2,5,6). The normalized spacial score (nSPS) is 10.2. The van der Waals surface area contributed by atoms with Gasteiger partial charge < -0.3 is 21.1 Å². The predicted octanol–water partition coefficient (Wildman–Crippen LogP) is -0.593. The Morgan fingerprint density at radius 2 is 1.53 bits per heavy atom. The van der Waals surface area contributed by atoms with Gasteiger partial charge in [0.05, 0.1) is 19.8 Å². The van der Waals surface area contributed by atoms with E-state index in [4.69, 9.17) is 21.1 Å². The first kappa shape index (κ1) is 16.5. The molecule has 0 aromatic rings. The lowest BCUT2D eigenvalue weighted by molar-refractivity contribution is -0.114. The molecule has 0 atom stereocenters. The number of carbonyl (C=O) groups is 1. The lowest BCUT2D eigenvalue weighted by atomic mass is 9.88. The highest BCUT2D eigenvalue weighted by atomic mass is 16.3. The topological polar surface area (TPSA) is 104 Å². The van der Waals surface area contributed by atoms with E-state index < -0.39 is 11.3 Å². The fraction of sp³-hybridized carbons (Fsp3) is 0.700. The summed E-state index contributed by atoms with van der Waals surface area (Å²) in [4.78, 5) is 9.82. The van der Waals surface area contributed by atoms with Gasteiger partial charge in [0.15, 0.2) is 0 Å². The van der Waals surface area contributed by atoms with Gasteiger partial charge in [-0.15, -0.1) is 0 Å². The predicted molar refractivity (Wildman–Crippen MR) is 58.0 cm³/mol. The lowest BCUT2D eigenvalue weighted by Crippen LogP contribution is -2.32. The molecule has 0 aliphatic heterocycles. The van der Waals surface area contributed by atoms with E-state index in [9.17, 15) is 4.79 Å². The van der Waals surface area contributed by atoms with Gasteiger partial charge in [0.1, 0.15) is 0 Å². The zero-order valence-corrected chi connectivity index (χ0v) is 9.36. The molecule has 0 radical (unpaired) electrons. The Morgan fingerprint density at radius 3 is 1.53 bits per heavy atom. The van der Waals surface area contributed by atoms with Gasteiger partial charge in [-0.3, -0.25) is 4.79 Å². The van der Waals surface area contributed by atoms with Crippen LogP contribution in [-0.2, 0) is 4.79 Å². The fourth-order valence-corrected chi connectivity index (χ4v) is 0.485. The average Bonchev–Trinajstić information content (AvgIpc) is 2.23. The van der Waals surface area contributed by atoms with Crippen LogP contribution in [0.5, 0.6) is 0 Å². The molecule has 0 spiro atoms. The number of nitrogens with two attached hydrogens (primary N) is 1. The summed E-state index contributed by atoms with van der Waals surface area (Å²) >= 11 is 0. The maximum absolute atomic E-state index is 9.82. The minimum Gasteiger partial charge on any atom is -0.396 e. The van der Waals surface area contributed by atoms with Crippen molar-refractivity contribution >= 4 is 5.91 Å². The molecule has 90 valence electrons. The first-order chi connectivity index (χ1) is 6.89. The number of hydrogen-bond acceptors (Lipinski definition) is 4. The van der Waals surface area contributed by atoms with Crippen LogP contribution in [0.15, 0.2) is 12.2 Å². The van der Waals surface area contributed by atoms with Gasteiger partial charge in [0.25, 0.3) is 0 Å². The summed E-state index contributed by atoms with van der Waals surface area (Å²) in [6.07, 6.45) is 0.594. The number of hydrogen-bond donors (Lipinski definition) is 4. The molecule has 0 bridgehead atoms. The van der Waals surface area contributed by atoms with Crippen LogP contribution in [-0.4, -0.2) is 41.0 Å². The number of rotatable bonds is 5. The van der Waals surface area contributed by atoms with Crippen LogP contribution in [0.3, 0.4) is 0 Å². The summed E-state index contributed by atoms with van der Waals surface area (Å²) < 4.78 is 0. The van der Waals surface area contributed by atoms with E-state index in [1.807, 2.05) is 6.92 Å². The maximum Gasteiger partial charge on any atom is 0.243 e. The molecule has 0 unspecified atom stereocenters. The smallest absolute Gasteiger partial charge is 0.243 e. The third-order valence-electron chi connectivity index (χ3n) is 2.18. The number of amides is 1. The quantitative estimate of drug-likeness (QED) is 0.464. The molecular formula is C10H21NO4. The molecule has 1 amide bonds. The van der Waals surface area contributed by atoms with E-state index in [1.54, 1.807) is 6.92 Å². The Hall–Kier alpha value is -0.910. The minimum absolute atomic E-state index is 0.156. The van der Waals surface area contributed by atoms with E-state index in [2.05, 4.69) is 6.58 Å². The lowest BCUT2D eigenvalue weighted by Gasteiger charge is -2.24. The number of carbonyl (C=O) groups excluding carboxylic acids is 1. The summed E-state index contributed by atoms with van der Waals surface area (Å²) in [7, 11) is 0. The highest BCUT2D eigenvalue weighted by Crippen LogP contribution is 2.18. The summed E-state index contributed by atoms with van der Waals surface area (Å²) in [5, 5.41) is 26.0. The molecule has 0 saturated heterocycles. The van der Waals surface area contributed by atoms with Crippen LogP contribution in [0, 0.1) is 5.41 Å². The van der Waals surface area contributed by atoms with Crippen molar-refractivity contribution in [3.63, 3.8) is 0 Å². The first-order valence-corrected chi connectivity index (χ1v) is 4.67. The summed E-state index contributed by atoms with van der Waals surface area (Å²) in [5.41, 5.74) is 4.43. The second-order valence-corrected chi connectivity index (χ2v) is 3.47. The molecule has 5 heteroatoms. The SMILES string of the molecule is C=C(C)C(N)=O.CCC(CO)(CO)CO. The summed E-state index contributed by atoms with van der Waals surface area (Å²) in [6, 6.07) is 0. The molecule has 0 fully saturated rings. The Balaban J connectivity index is 0. The van der Waals surface area contributed by atoms with Crippen LogP contribution < -0.4 is 5.73 Å². The Bertz CT molecular complexity index is 170. The third-order valence-corrected chi connectivity index (χ3v) is 2.18. The number of primary amides is 1. The molecule has 0 saturated carbocycles. The van der Waals surface area contributed by atoms with Crippen molar-refractivity contribution in [3.05, 3.63) is 12.2 Å². The van der Waals surface area contributed by atoms with Crippen LogP contribution in [0.2, 0.25) is 0 Å². The van der Waals surface area contributed by atoms with Crippen molar-refractivity contribution in [2.24, 2.45) is 11.1 Å². The van der Waals surface area contributed by atoms with Crippen molar-refractivity contribution in [2.75, 3.05) is 19.8 Å². The molecule has 15 heavy (non-hydrogen) atoms. The minimum atomic E-state index is -0.667. The third kappa shape index (κ3) is 7.07. The zero-order chi connectivity index (χ0) is 12.5. The van der Waals surface area contributed by atoms with E-state index in [-0.39, 0.29) is 19.8 Å². The van der Waals surface area contributed by atoms with Crippen molar-refractivity contribution in [2.45, 2.75) is 20.3 Å². The van der Waals surface area contributed by atoms with Gasteiger partial charge in [0, 0.05) is 11.0 Å². The fourth-order valence-electron chi connectivity index (χ4n) is 0.485. The van der Waals surface area contributed by atoms with E-state index in [1.165, 1.54) is 0 Å². The Labute approximate surface area is 90.2 Å². The van der Waals surface area contributed by atoms with Gasteiger partial charge in [-0.2, -0.15) is 0 Å². The molecule has 5 N–H and O–H groups in total. The van der Waals surface area contributed by atoms with Crippen LogP contribution in [0.1, 0.15) is 20.3 Å². The zero-order valence-electron chi connectivity index (χ0n) is 9.36. The van der Waals surface area contributed by atoms with Crippen molar-refractivity contribution in [1.29, 1.82) is 0 Å². The molecule has 5 nitrogen and oxygen atoms in total. The van der Waals surface area contributed by atoms with Crippen molar-refractivity contribution in [1.82, 2.24) is 0 Å². The molecule has 0 aromatic heterocycles. The Morgan fingerprint density at radius 1 is 1.27 bits per heavy atom. The first-order valence-electron chi connectivity index (χ1n) is 4.67. The van der Waals surface area contributed by atoms with E-state index in [0.29, 0.717) is 12.0 Å². The highest BCUT2D eigenvalue weighted by Gasteiger charge is 2.24. The second-order valence-electron chi connectivity index (χ2n) is 3.47. The molecule has 0 rings (SSSR count). The maximum atomic E-state index is 9.82. The van der Waals surface area contributed by atoms with Crippen molar-refractivity contribution in [3.8, 4) is 0 Å². The largest absolute Gasteiger partial charge is 0.396 e. The molecule has 0 aliphatic carbocycles. The molecule has 0 aliphatic rings. The van der Waals surface area contributed by atoms with Gasteiger partial charge in [-0.1, -0.05) is 13.5 Å². The van der Waals surface area contributed by atoms with Crippen LogP contribution in [0.4, 0.5) is 0 Å². The second kappa shape index (κ2) is 8.40. The van der Waals surface area contributed by atoms with Gasteiger partial charge in [0.2, 0.25) is 5.91 Å². The molecule has 0 heterocycles. The van der Waals surface area contributed by atoms with Gasteiger partial charge in [-0.05, 0) is 13.3 Å². The number of aliphatic hydroxyl groups excluding tert-OH is 3. The summed E-state index contributed by atoms with van der Waals surface area (Å²) in [5.74, 6) is -0.435. The highest BCUT2D eigenvalue weighted by molar-refractivity contribution is 5.90. The van der Waals surface area contributed by atoms with Gasteiger partial charge in [-0.25, -0.2) is 0 Å². The number of aliphatic hydroxyl groups is 3. The van der Waals surface area contributed by atoms with E-state index in [0.717, 1.165) is 0 Å². The van der Waals surface area contributed by atoms with Crippen LogP contribution >= 0.6 is 0 Å². The molecular weight excluding hydrogens is 198 g/mol. The average molecular weight is 219 g/mol. The van der Waals surface area contributed by atoms with Crippen molar-refractivity contribution < 1.29 is 20.1 Å². The summed E-state index contributed by atoms with van der Waals surface area (Å²) in [6.45, 7) is 6.21. The monoisotopic (exact) mass is 219 g/mol. The van der Waals surface area contributed by atoms with Gasteiger partial charge >= 0.3 is 0 Å².